The van der Waals surface area contributed by atoms with Crippen molar-refractivity contribution in [2.24, 2.45) is 0 Å². The van der Waals surface area contributed by atoms with Gasteiger partial charge in [-0.05, 0) is 41.5 Å². The molecule has 0 aliphatic carbocycles. The van der Waals surface area contributed by atoms with Crippen LogP contribution >= 0.6 is 0 Å². The van der Waals surface area contributed by atoms with Gasteiger partial charge in [0.2, 0.25) is 0 Å². The maximum atomic E-state index is 13.0. The molecule has 0 unspecified atom stereocenters. The topological polar surface area (TPSA) is 62.1 Å². The van der Waals surface area contributed by atoms with Crippen molar-refractivity contribution in [3.8, 4) is 11.8 Å². The largest absolute Gasteiger partial charge is 0.493 e. The van der Waals surface area contributed by atoms with Gasteiger partial charge in [-0.2, -0.15) is 5.26 Å². The summed E-state index contributed by atoms with van der Waals surface area (Å²) in [6, 6.07) is 15.5. The van der Waals surface area contributed by atoms with Crippen LogP contribution in [0.4, 0.5) is 5.69 Å². The van der Waals surface area contributed by atoms with Crippen molar-refractivity contribution >= 4 is 17.7 Å². The lowest BCUT2D eigenvalue weighted by molar-refractivity contribution is -0.112. The molecule has 0 aromatic heterocycles. The molecule has 1 amide bonds. The van der Waals surface area contributed by atoms with Gasteiger partial charge in [0, 0.05) is 11.3 Å². The highest BCUT2D eigenvalue weighted by atomic mass is 16.5. The van der Waals surface area contributed by atoms with Gasteiger partial charge in [-0.15, -0.1) is 0 Å². The molecule has 0 saturated carbocycles. The van der Waals surface area contributed by atoms with Crippen molar-refractivity contribution in [2.75, 3.05) is 11.9 Å². The molecule has 0 atom stereocenters. The lowest BCUT2D eigenvalue weighted by Gasteiger charge is -2.20. The highest BCUT2D eigenvalue weighted by molar-refractivity contribution is 6.10. The zero-order valence-corrected chi connectivity index (χ0v) is 18.0. The summed E-state index contributed by atoms with van der Waals surface area (Å²) in [4.78, 5) is 13.0. The first-order chi connectivity index (χ1) is 13.9. The van der Waals surface area contributed by atoms with Gasteiger partial charge in [0.25, 0.3) is 5.91 Å². The van der Waals surface area contributed by atoms with Crippen molar-refractivity contribution in [3.05, 3.63) is 64.7 Å². The van der Waals surface area contributed by atoms with E-state index in [1.54, 1.807) is 6.08 Å². The van der Waals surface area contributed by atoms with Crippen molar-refractivity contribution in [2.45, 2.75) is 52.9 Å². The summed E-state index contributed by atoms with van der Waals surface area (Å²) in [6.07, 6.45) is 2.47. The van der Waals surface area contributed by atoms with E-state index >= 15 is 0 Å². The molecule has 152 valence electrons. The maximum absolute atomic E-state index is 13.0. The zero-order chi connectivity index (χ0) is 21.4. The number of hydrogen-bond donors (Lipinski definition) is 1. The summed E-state index contributed by atoms with van der Waals surface area (Å²) in [5, 5.41) is 12.6. The van der Waals surface area contributed by atoms with Crippen LogP contribution < -0.4 is 10.1 Å². The molecule has 0 aliphatic rings. The molecule has 2 rings (SSSR count). The molecule has 29 heavy (non-hydrogen) atoms. The monoisotopic (exact) mass is 390 g/mol. The number of anilines is 1. The number of rotatable bonds is 8. The molecule has 0 aliphatic heterocycles. The Balaban J connectivity index is 2.40. The Morgan fingerprint density at radius 1 is 1.07 bits per heavy atom. The van der Waals surface area contributed by atoms with Crippen molar-refractivity contribution in [1.82, 2.24) is 0 Å². The van der Waals surface area contributed by atoms with Gasteiger partial charge < -0.3 is 10.1 Å². The maximum Gasteiger partial charge on any atom is 0.266 e. The minimum absolute atomic E-state index is 0.0470. The van der Waals surface area contributed by atoms with E-state index in [0.29, 0.717) is 17.9 Å². The van der Waals surface area contributed by atoms with Gasteiger partial charge in [0.05, 0.1) is 6.61 Å². The second-order valence-electron chi connectivity index (χ2n) is 7.63. The summed E-state index contributed by atoms with van der Waals surface area (Å²) >= 11 is 0. The Labute approximate surface area is 174 Å². The normalized spacial score (nSPS) is 11.4. The number of nitrogens with zero attached hydrogens (tertiary/aromatic N) is 1. The first kappa shape index (κ1) is 22.2. The van der Waals surface area contributed by atoms with Gasteiger partial charge in [0.15, 0.2) is 0 Å². The zero-order valence-electron chi connectivity index (χ0n) is 18.0. The van der Waals surface area contributed by atoms with Gasteiger partial charge in [-0.1, -0.05) is 71.0 Å². The van der Waals surface area contributed by atoms with Gasteiger partial charge in [-0.25, -0.2) is 0 Å². The van der Waals surface area contributed by atoms with Crippen LogP contribution in [0.25, 0.3) is 6.08 Å². The molecular weight excluding hydrogens is 360 g/mol. The number of nitriles is 1. The third-order valence-electron chi connectivity index (χ3n) is 4.66. The van der Waals surface area contributed by atoms with Gasteiger partial charge >= 0.3 is 0 Å². The second kappa shape index (κ2) is 10.5. The molecule has 0 fully saturated rings. The molecule has 2 aromatic rings. The van der Waals surface area contributed by atoms with E-state index in [-0.39, 0.29) is 17.4 Å². The Hall–Kier alpha value is -3.06. The molecule has 0 saturated heterocycles. The number of amides is 1. The van der Waals surface area contributed by atoms with Crippen LogP contribution in [0.5, 0.6) is 5.75 Å². The van der Waals surface area contributed by atoms with E-state index in [2.05, 4.69) is 33.0 Å². The van der Waals surface area contributed by atoms with E-state index in [0.717, 1.165) is 23.2 Å². The molecular formula is C25H30N2O2. The first-order valence-corrected chi connectivity index (χ1v) is 10.2. The third kappa shape index (κ3) is 5.71. The molecule has 0 radical (unpaired) electrons. The van der Waals surface area contributed by atoms with Crippen molar-refractivity contribution < 1.29 is 9.53 Å². The van der Waals surface area contributed by atoms with Crippen LogP contribution in [-0.4, -0.2) is 12.5 Å². The Kier molecular flexibility index (Phi) is 8.03. The van der Waals surface area contributed by atoms with Gasteiger partial charge in [0.1, 0.15) is 17.4 Å². The summed E-state index contributed by atoms with van der Waals surface area (Å²) in [6.45, 7) is 11.0. The fourth-order valence-corrected chi connectivity index (χ4v) is 3.12. The van der Waals surface area contributed by atoms with Crippen molar-refractivity contribution in [1.29, 1.82) is 5.26 Å². The van der Waals surface area contributed by atoms with E-state index in [1.807, 2.05) is 55.5 Å². The van der Waals surface area contributed by atoms with Crippen LogP contribution in [-0.2, 0) is 4.79 Å². The Morgan fingerprint density at radius 3 is 2.24 bits per heavy atom. The molecule has 4 heteroatoms. The predicted octanol–water partition coefficient (Wildman–Crippen LogP) is 6.27. The lowest BCUT2D eigenvalue weighted by Crippen LogP contribution is -2.17. The van der Waals surface area contributed by atoms with Gasteiger partial charge in [-0.3, -0.25) is 4.79 Å². The average molecular weight is 391 g/mol. The number of ether oxygens (including phenoxy) is 1. The number of nitrogens with one attached hydrogen (secondary N) is 1. The molecule has 2 aromatic carbocycles. The number of benzene rings is 2. The summed E-state index contributed by atoms with van der Waals surface area (Å²) in [7, 11) is 0. The molecule has 4 nitrogen and oxygen atoms in total. The number of hydrogen-bond acceptors (Lipinski definition) is 3. The minimum atomic E-state index is -0.409. The van der Waals surface area contributed by atoms with E-state index in [4.69, 9.17) is 4.74 Å². The standard InChI is InChI=1S/C25H30N2O2/c1-6-14-29-23-13-8-7-10-19(23)15-20(16-26)25(28)27-24-21(17(2)3)11-9-12-22(24)18(4)5/h7-13,15,17-18H,6,14H2,1-5H3,(H,27,28)/b20-15+. The Morgan fingerprint density at radius 2 is 1.69 bits per heavy atom. The quantitative estimate of drug-likeness (QED) is 0.427. The van der Waals surface area contributed by atoms with Crippen LogP contribution in [0.15, 0.2) is 48.0 Å². The van der Waals surface area contributed by atoms with Crippen LogP contribution in [0.2, 0.25) is 0 Å². The SMILES string of the molecule is CCCOc1ccccc1/C=C(\C#N)C(=O)Nc1c(C(C)C)cccc1C(C)C. The van der Waals surface area contributed by atoms with E-state index in [9.17, 15) is 10.1 Å². The molecule has 0 heterocycles. The highest BCUT2D eigenvalue weighted by Crippen LogP contribution is 2.33. The Bertz CT molecular complexity index is 894. The molecule has 0 spiro atoms. The third-order valence-corrected chi connectivity index (χ3v) is 4.66. The summed E-state index contributed by atoms with van der Waals surface area (Å²) in [5.41, 5.74) is 3.70. The lowest BCUT2D eigenvalue weighted by atomic mass is 9.92. The summed E-state index contributed by atoms with van der Waals surface area (Å²) in [5.74, 6) is 0.761. The predicted molar refractivity (Wildman–Crippen MR) is 119 cm³/mol. The smallest absolute Gasteiger partial charge is 0.266 e. The molecule has 1 N–H and O–H groups in total. The molecule has 0 bridgehead atoms. The minimum Gasteiger partial charge on any atom is -0.493 e. The first-order valence-electron chi connectivity index (χ1n) is 10.2. The van der Waals surface area contributed by atoms with Crippen LogP contribution in [0.1, 0.15) is 69.6 Å². The second-order valence-corrected chi connectivity index (χ2v) is 7.63. The number of carbonyl (C=O) groups is 1. The van der Waals surface area contributed by atoms with Crippen LogP contribution in [0, 0.1) is 11.3 Å². The highest BCUT2D eigenvalue weighted by Gasteiger charge is 2.18. The average Bonchev–Trinajstić information content (AvgIpc) is 2.70. The fourth-order valence-electron chi connectivity index (χ4n) is 3.12. The van der Waals surface area contributed by atoms with Crippen LogP contribution in [0.3, 0.4) is 0 Å². The summed E-state index contributed by atoms with van der Waals surface area (Å²) < 4.78 is 5.75. The number of para-hydroxylation sites is 2. The number of carbonyl (C=O) groups excluding carboxylic acids is 1. The van der Waals surface area contributed by atoms with E-state index in [1.165, 1.54) is 0 Å². The fraction of sp³-hybridized carbons (Fsp3) is 0.360. The van der Waals surface area contributed by atoms with E-state index < -0.39 is 5.91 Å². The van der Waals surface area contributed by atoms with Crippen molar-refractivity contribution in [3.63, 3.8) is 0 Å².